The first kappa shape index (κ1) is 23.4. The predicted octanol–water partition coefficient (Wildman–Crippen LogP) is 3.57. The lowest BCUT2D eigenvalue weighted by Crippen LogP contribution is -2.51. The molecule has 8 nitrogen and oxygen atoms in total. The van der Waals surface area contributed by atoms with Crippen molar-refractivity contribution < 1.29 is 9.59 Å². The molecule has 1 aliphatic carbocycles. The number of nitrogens with one attached hydrogen (secondary N) is 2. The van der Waals surface area contributed by atoms with Gasteiger partial charge in [-0.1, -0.05) is 24.4 Å². The molecule has 0 bridgehead atoms. The number of fused-ring (bicyclic) bond motifs is 1. The van der Waals surface area contributed by atoms with E-state index in [0.717, 1.165) is 73.3 Å². The lowest BCUT2D eigenvalue weighted by molar-refractivity contribution is -0.132. The Morgan fingerprint density at radius 1 is 1.06 bits per heavy atom. The maximum absolute atomic E-state index is 13.0. The van der Waals surface area contributed by atoms with Crippen molar-refractivity contribution in [3.63, 3.8) is 0 Å². The van der Waals surface area contributed by atoms with Gasteiger partial charge in [-0.15, -0.1) is 11.3 Å². The summed E-state index contributed by atoms with van der Waals surface area (Å²) in [7, 11) is 0. The Balaban J connectivity index is 1.09. The molecule has 1 saturated heterocycles. The van der Waals surface area contributed by atoms with Crippen molar-refractivity contribution in [1.82, 2.24) is 20.1 Å². The van der Waals surface area contributed by atoms with E-state index in [9.17, 15) is 9.59 Å². The number of benzene rings is 1. The zero-order valence-corrected chi connectivity index (χ0v) is 20.8. The van der Waals surface area contributed by atoms with Crippen LogP contribution in [0.25, 0.3) is 0 Å². The van der Waals surface area contributed by atoms with Crippen molar-refractivity contribution in [2.24, 2.45) is 0 Å². The number of carbonyl (C=O) groups is 2. The van der Waals surface area contributed by atoms with Crippen LogP contribution in [0.5, 0.6) is 0 Å². The fraction of sp³-hybridized carbons (Fsp3) is 0.542. The molecule has 2 aliphatic heterocycles. The molecule has 0 radical (unpaired) electrons. The smallest absolute Gasteiger partial charge is 0.321 e. The molecular weight excluding hydrogens is 472 g/mol. The third-order valence-electron chi connectivity index (χ3n) is 6.90. The van der Waals surface area contributed by atoms with Crippen molar-refractivity contribution in [2.45, 2.75) is 44.7 Å². The summed E-state index contributed by atoms with van der Waals surface area (Å²) in [4.78, 5) is 37.4. The van der Waals surface area contributed by atoms with Crippen molar-refractivity contribution in [1.29, 1.82) is 0 Å². The maximum Gasteiger partial charge on any atom is 0.321 e. The summed E-state index contributed by atoms with van der Waals surface area (Å²) >= 11 is 7.51. The lowest BCUT2D eigenvalue weighted by atomic mass is 10.2. The molecular formula is C24H31ClN6O2S. The Hall–Kier alpha value is -2.36. The second kappa shape index (κ2) is 10.5. The van der Waals surface area contributed by atoms with Gasteiger partial charge >= 0.3 is 6.03 Å². The number of nitrogens with zero attached hydrogens (tertiary/aromatic N) is 4. The van der Waals surface area contributed by atoms with Gasteiger partial charge in [-0.2, -0.15) is 0 Å². The van der Waals surface area contributed by atoms with E-state index in [0.29, 0.717) is 18.2 Å². The van der Waals surface area contributed by atoms with Gasteiger partial charge in [0, 0.05) is 67.3 Å². The molecule has 5 rings (SSSR count). The first-order valence-corrected chi connectivity index (χ1v) is 13.3. The second-order valence-corrected chi connectivity index (χ2v) is 10.8. The van der Waals surface area contributed by atoms with Crippen LogP contribution >= 0.6 is 22.9 Å². The normalized spacial score (nSPS) is 19.2. The molecule has 0 spiro atoms. The molecule has 34 heavy (non-hydrogen) atoms. The van der Waals surface area contributed by atoms with Gasteiger partial charge in [-0.05, 0) is 37.1 Å². The monoisotopic (exact) mass is 502 g/mol. The van der Waals surface area contributed by atoms with Crippen LogP contribution in [0.1, 0.15) is 36.3 Å². The van der Waals surface area contributed by atoms with Gasteiger partial charge in [0.15, 0.2) is 5.13 Å². The Kier molecular flexibility index (Phi) is 7.22. The number of thiazole rings is 1. The Morgan fingerprint density at radius 2 is 1.79 bits per heavy atom. The minimum Gasteiger partial charge on any atom is -0.368 e. The van der Waals surface area contributed by atoms with E-state index >= 15 is 0 Å². The van der Waals surface area contributed by atoms with Crippen molar-refractivity contribution in [3.05, 3.63) is 39.9 Å². The van der Waals surface area contributed by atoms with E-state index in [4.69, 9.17) is 11.6 Å². The molecule has 2 fully saturated rings. The van der Waals surface area contributed by atoms with E-state index < -0.39 is 0 Å². The number of hydrogen-bond donors (Lipinski definition) is 2. The van der Waals surface area contributed by atoms with E-state index in [1.165, 1.54) is 24.2 Å². The zero-order valence-electron chi connectivity index (χ0n) is 19.3. The fourth-order valence-corrected chi connectivity index (χ4v) is 6.15. The SMILES string of the molecule is O=C(Nc1nc2c(s1)CN(CC(=O)N1CCN(c3ccc(Cl)cc3)CC1)CC2)NC1CCCC1. The van der Waals surface area contributed by atoms with Gasteiger partial charge < -0.3 is 15.1 Å². The molecule has 2 aromatic rings. The van der Waals surface area contributed by atoms with Gasteiger partial charge in [0.05, 0.1) is 12.2 Å². The number of amides is 3. The second-order valence-electron chi connectivity index (χ2n) is 9.27. The molecule has 2 N–H and O–H groups in total. The van der Waals surface area contributed by atoms with E-state index in [2.05, 4.69) is 25.4 Å². The van der Waals surface area contributed by atoms with Gasteiger partial charge in [0.25, 0.3) is 0 Å². The minimum atomic E-state index is -0.164. The van der Waals surface area contributed by atoms with Crippen LogP contribution in [0.3, 0.4) is 0 Å². The molecule has 182 valence electrons. The van der Waals surface area contributed by atoms with Crippen molar-refractivity contribution in [3.8, 4) is 0 Å². The highest BCUT2D eigenvalue weighted by Crippen LogP contribution is 2.28. The third-order valence-corrected chi connectivity index (χ3v) is 8.15. The molecule has 0 atom stereocenters. The summed E-state index contributed by atoms with van der Waals surface area (Å²) in [5.41, 5.74) is 2.19. The zero-order chi connectivity index (χ0) is 23.5. The third kappa shape index (κ3) is 5.64. The molecule has 3 amide bonds. The number of hydrogen-bond acceptors (Lipinski definition) is 6. The van der Waals surface area contributed by atoms with Gasteiger partial charge in [-0.25, -0.2) is 9.78 Å². The van der Waals surface area contributed by atoms with Crippen LogP contribution in [0.15, 0.2) is 24.3 Å². The van der Waals surface area contributed by atoms with E-state index in [1.807, 2.05) is 29.2 Å². The van der Waals surface area contributed by atoms with Crippen LogP contribution in [-0.4, -0.2) is 72.0 Å². The van der Waals surface area contributed by atoms with Crippen molar-refractivity contribution in [2.75, 3.05) is 49.5 Å². The Bertz CT molecular complexity index is 1010. The molecule has 10 heteroatoms. The fourth-order valence-electron chi connectivity index (χ4n) is 4.98. The quantitative estimate of drug-likeness (QED) is 0.653. The van der Waals surface area contributed by atoms with Gasteiger partial charge in [0.2, 0.25) is 5.91 Å². The first-order valence-electron chi connectivity index (χ1n) is 12.1. The highest BCUT2D eigenvalue weighted by Gasteiger charge is 2.27. The van der Waals surface area contributed by atoms with Gasteiger partial charge in [-0.3, -0.25) is 15.0 Å². The highest BCUT2D eigenvalue weighted by atomic mass is 35.5. The molecule has 1 saturated carbocycles. The average molecular weight is 503 g/mol. The predicted molar refractivity (Wildman–Crippen MR) is 136 cm³/mol. The van der Waals surface area contributed by atoms with Crippen LogP contribution in [0.4, 0.5) is 15.6 Å². The van der Waals surface area contributed by atoms with Crippen molar-refractivity contribution >= 4 is 45.7 Å². The molecule has 0 unspecified atom stereocenters. The number of urea groups is 1. The molecule has 3 heterocycles. The summed E-state index contributed by atoms with van der Waals surface area (Å²) in [6.45, 7) is 5.03. The molecule has 3 aliphatic rings. The standard InChI is InChI=1S/C24H31ClN6O2S/c25-17-5-7-19(8-6-17)30-11-13-31(14-12-30)22(32)16-29-10-9-20-21(15-29)34-24(27-20)28-23(33)26-18-3-1-2-4-18/h5-8,18H,1-4,9-16H2,(H2,26,27,28,33). The number of aromatic nitrogens is 1. The lowest BCUT2D eigenvalue weighted by Gasteiger charge is -2.37. The Morgan fingerprint density at radius 3 is 2.53 bits per heavy atom. The topological polar surface area (TPSA) is 80.8 Å². The minimum absolute atomic E-state index is 0.164. The summed E-state index contributed by atoms with van der Waals surface area (Å²) in [5.74, 6) is 0.179. The van der Waals surface area contributed by atoms with Crippen LogP contribution in [0, 0.1) is 0 Å². The summed E-state index contributed by atoms with van der Waals surface area (Å²) in [5, 5.41) is 7.33. The average Bonchev–Trinajstić information content (AvgIpc) is 3.48. The number of anilines is 2. The maximum atomic E-state index is 13.0. The largest absolute Gasteiger partial charge is 0.368 e. The molecule has 1 aromatic carbocycles. The number of halogens is 1. The number of rotatable bonds is 5. The molecule has 1 aromatic heterocycles. The first-order chi connectivity index (χ1) is 16.5. The highest BCUT2D eigenvalue weighted by molar-refractivity contribution is 7.15. The van der Waals surface area contributed by atoms with Crippen LogP contribution in [0.2, 0.25) is 5.02 Å². The summed E-state index contributed by atoms with van der Waals surface area (Å²) < 4.78 is 0. The Labute approximate surface area is 209 Å². The van der Waals surface area contributed by atoms with Gasteiger partial charge in [0.1, 0.15) is 0 Å². The number of piperazine rings is 1. The summed E-state index contributed by atoms with van der Waals surface area (Å²) in [6.07, 6.45) is 5.28. The van der Waals surface area contributed by atoms with E-state index in [-0.39, 0.29) is 18.0 Å². The summed E-state index contributed by atoms with van der Waals surface area (Å²) in [6, 6.07) is 7.98. The van der Waals surface area contributed by atoms with E-state index in [1.54, 1.807) is 0 Å². The number of carbonyl (C=O) groups excluding carboxylic acids is 2. The van der Waals surface area contributed by atoms with Crippen LogP contribution < -0.4 is 15.5 Å². The van der Waals surface area contributed by atoms with Crippen LogP contribution in [-0.2, 0) is 17.8 Å².